The summed E-state index contributed by atoms with van der Waals surface area (Å²) in [7, 11) is 0. The molecule has 1 heterocycles. The zero-order valence-corrected chi connectivity index (χ0v) is 24.4. The van der Waals surface area contributed by atoms with Gasteiger partial charge in [0.2, 0.25) is 17.7 Å². The molecule has 0 aliphatic carbocycles. The smallest absolute Gasteiger partial charge is 0.247 e. The number of hydrogen-bond acceptors (Lipinski definition) is 5. The van der Waals surface area contributed by atoms with Gasteiger partial charge in [-0.15, -0.1) is 0 Å². The van der Waals surface area contributed by atoms with Crippen LogP contribution < -0.4 is 16.4 Å². The summed E-state index contributed by atoms with van der Waals surface area (Å²) in [6, 6.07) is 10.6. The zero-order valence-electron chi connectivity index (χ0n) is 22.9. The highest BCUT2D eigenvalue weighted by atomic mass is 35.5. The number of anilines is 1. The Kier molecular flexibility index (Phi) is 11.9. The van der Waals surface area contributed by atoms with E-state index in [0.29, 0.717) is 11.3 Å². The maximum atomic E-state index is 13.6. The number of nitrogens with two attached hydrogens (primary N) is 1. The molecule has 0 fully saturated rings. The molecule has 10 heteroatoms. The quantitative estimate of drug-likeness (QED) is 0.241. The number of ketones is 1. The number of amides is 3. The van der Waals surface area contributed by atoms with Gasteiger partial charge in [-0.25, -0.2) is 0 Å². The number of hydrogen-bond donors (Lipinski definition) is 3. The van der Waals surface area contributed by atoms with Gasteiger partial charge in [0.1, 0.15) is 12.1 Å². The van der Waals surface area contributed by atoms with Crippen LogP contribution in [0.5, 0.6) is 0 Å². The molecule has 0 saturated carbocycles. The molecule has 4 N–H and O–H groups in total. The Morgan fingerprint density at radius 2 is 1.80 bits per heavy atom. The van der Waals surface area contributed by atoms with Gasteiger partial charge in [0.25, 0.3) is 0 Å². The second-order valence-electron chi connectivity index (χ2n) is 9.63. The summed E-state index contributed by atoms with van der Waals surface area (Å²) in [6.07, 6.45) is 7.06. The lowest BCUT2D eigenvalue weighted by Crippen LogP contribution is -2.56. The Labute approximate surface area is 250 Å². The Bertz CT molecular complexity index is 1370. The normalized spacial score (nSPS) is 15.7. The highest BCUT2D eigenvalue weighted by Gasteiger charge is 2.36. The third kappa shape index (κ3) is 8.63. The van der Waals surface area contributed by atoms with Gasteiger partial charge in [-0.3, -0.25) is 19.2 Å². The summed E-state index contributed by atoms with van der Waals surface area (Å²) in [5.74, 6) is -1.49. The molecule has 0 unspecified atom stereocenters. The molecule has 1 aliphatic rings. The van der Waals surface area contributed by atoms with E-state index < -0.39 is 23.9 Å². The fourth-order valence-electron chi connectivity index (χ4n) is 4.48. The molecule has 8 nitrogen and oxygen atoms in total. The zero-order chi connectivity index (χ0) is 29.9. The molecule has 2 aromatic carbocycles. The molecule has 216 valence electrons. The van der Waals surface area contributed by atoms with Gasteiger partial charge in [0.05, 0.1) is 15.7 Å². The molecular weight excluding hydrogens is 563 g/mol. The molecular formula is C31H34Cl2N4O4. The fraction of sp³-hybridized carbons (Fsp3) is 0.290. The molecule has 0 bridgehead atoms. The number of fused-ring (bicyclic) bond motifs is 1. The molecule has 0 radical (unpaired) electrons. The summed E-state index contributed by atoms with van der Waals surface area (Å²) < 4.78 is 0. The highest BCUT2D eigenvalue weighted by molar-refractivity contribution is 6.44. The van der Waals surface area contributed by atoms with E-state index in [0.717, 1.165) is 11.1 Å². The second kappa shape index (κ2) is 15.3. The SMILES string of the molecule is C=C/C=C\C=C(/C)C(=O)CCC(=O)N1Cc2ccccc2C[C@H]1C(=O)N[C@@H](CCN)C(=O)Nc1cccc(Cl)c1Cl. The largest absolute Gasteiger partial charge is 0.342 e. The first kappa shape index (κ1) is 31.8. The average Bonchev–Trinajstić information content (AvgIpc) is 2.97. The third-order valence-corrected chi connectivity index (χ3v) is 7.59. The number of benzene rings is 2. The van der Waals surface area contributed by atoms with Crippen molar-refractivity contribution in [3.05, 3.63) is 100 Å². The van der Waals surface area contributed by atoms with E-state index in [-0.39, 0.29) is 60.5 Å². The monoisotopic (exact) mass is 596 g/mol. The van der Waals surface area contributed by atoms with E-state index >= 15 is 0 Å². The van der Waals surface area contributed by atoms with Gasteiger partial charge in [0.15, 0.2) is 5.78 Å². The summed E-state index contributed by atoms with van der Waals surface area (Å²) in [5, 5.41) is 5.93. The standard InChI is InChI=1S/C31H34Cl2N4O4/c1-3-4-5-9-20(2)27(38)14-15-28(39)37-19-22-11-7-6-10-21(22)18-26(37)31(41)36-25(16-17-34)30(40)35-24-13-8-12-23(32)29(24)33/h3-13,25-26H,1,14-19,34H2,2H3,(H,35,40)(H,36,41)/b5-4-,20-9+/t25-,26-/m0/s1. The van der Waals surface area contributed by atoms with Gasteiger partial charge in [-0.1, -0.05) is 84.4 Å². The van der Waals surface area contributed by atoms with E-state index in [9.17, 15) is 19.2 Å². The summed E-state index contributed by atoms with van der Waals surface area (Å²) in [6.45, 7) is 5.62. The van der Waals surface area contributed by atoms with Crippen molar-refractivity contribution < 1.29 is 19.2 Å². The van der Waals surface area contributed by atoms with Crippen LogP contribution >= 0.6 is 23.2 Å². The van der Waals surface area contributed by atoms with Gasteiger partial charge >= 0.3 is 0 Å². The van der Waals surface area contributed by atoms with Gasteiger partial charge in [0, 0.05) is 25.8 Å². The topological polar surface area (TPSA) is 122 Å². The molecule has 0 saturated heterocycles. The first-order chi connectivity index (χ1) is 19.7. The van der Waals surface area contributed by atoms with Crippen molar-refractivity contribution in [3.63, 3.8) is 0 Å². The first-order valence-electron chi connectivity index (χ1n) is 13.3. The minimum Gasteiger partial charge on any atom is -0.342 e. The molecule has 3 amide bonds. The van der Waals surface area contributed by atoms with Crippen LogP contribution in [0.3, 0.4) is 0 Å². The van der Waals surface area contributed by atoms with E-state index in [1.807, 2.05) is 24.3 Å². The number of rotatable bonds is 12. The molecule has 3 rings (SSSR count). The molecule has 2 aromatic rings. The highest BCUT2D eigenvalue weighted by Crippen LogP contribution is 2.30. The van der Waals surface area contributed by atoms with Crippen LogP contribution in [-0.4, -0.2) is 47.0 Å². The molecule has 0 aromatic heterocycles. The number of Topliss-reactive ketones (excluding diaryl/α,β-unsaturated/α-hetero) is 1. The van der Waals surface area contributed by atoms with Crippen LogP contribution in [0.1, 0.15) is 37.3 Å². The van der Waals surface area contributed by atoms with Crippen LogP contribution in [-0.2, 0) is 32.1 Å². The number of carbonyl (C=O) groups is 4. The van der Waals surface area contributed by atoms with Crippen LogP contribution in [0.2, 0.25) is 10.0 Å². The molecule has 41 heavy (non-hydrogen) atoms. The van der Waals surface area contributed by atoms with Crippen molar-refractivity contribution in [3.8, 4) is 0 Å². The fourth-order valence-corrected chi connectivity index (χ4v) is 4.82. The lowest BCUT2D eigenvalue weighted by molar-refractivity contribution is -0.143. The maximum Gasteiger partial charge on any atom is 0.247 e. The Morgan fingerprint density at radius 3 is 2.51 bits per heavy atom. The number of nitrogens with zero attached hydrogens (tertiary/aromatic N) is 1. The lowest BCUT2D eigenvalue weighted by atomic mass is 9.92. The van der Waals surface area contributed by atoms with Crippen molar-refractivity contribution in [1.82, 2.24) is 10.2 Å². The summed E-state index contributed by atoms with van der Waals surface area (Å²) >= 11 is 12.3. The first-order valence-corrected chi connectivity index (χ1v) is 14.0. The molecule has 1 aliphatic heterocycles. The Morgan fingerprint density at radius 1 is 1.07 bits per heavy atom. The second-order valence-corrected chi connectivity index (χ2v) is 10.4. The van der Waals surface area contributed by atoms with E-state index in [4.69, 9.17) is 28.9 Å². The molecule has 2 atom stereocenters. The number of halogens is 2. The number of carbonyl (C=O) groups excluding carboxylic acids is 4. The third-order valence-electron chi connectivity index (χ3n) is 6.77. The lowest BCUT2D eigenvalue weighted by Gasteiger charge is -2.36. The molecule has 0 spiro atoms. The van der Waals surface area contributed by atoms with Crippen molar-refractivity contribution in [2.45, 2.75) is 51.2 Å². The minimum atomic E-state index is -0.977. The van der Waals surface area contributed by atoms with Crippen molar-refractivity contribution >= 4 is 52.4 Å². The average molecular weight is 598 g/mol. The maximum absolute atomic E-state index is 13.6. The summed E-state index contributed by atoms with van der Waals surface area (Å²) in [4.78, 5) is 54.2. The van der Waals surface area contributed by atoms with Crippen LogP contribution in [0.15, 0.2) is 78.9 Å². The van der Waals surface area contributed by atoms with Gasteiger partial charge in [-0.05, 0) is 48.7 Å². The van der Waals surface area contributed by atoms with Crippen molar-refractivity contribution in [2.75, 3.05) is 11.9 Å². The van der Waals surface area contributed by atoms with Gasteiger partial charge < -0.3 is 21.3 Å². The van der Waals surface area contributed by atoms with E-state index in [1.165, 1.54) is 4.90 Å². The van der Waals surface area contributed by atoms with E-state index in [1.54, 1.807) is 49.4 Å². The van der Waals surface area contributed by atoms with Crippen LogP contribution in [0, 0.1) is 0 Å². The Hall–Kier alpha value is -3.72. The number of allylic oxidation sites excluding steroid dienone is 5. The van der Waals surface area contributed by atoms with Gasteiger partial charge in [-0.2, -0.15) is 0 Å². The van der Waals surface area contributed by atoms with Crippen molar-refractivity contribution in [2.24, 2.45) is 5.73 Å². The predicted octanol–water partition coefficient (Wildman–Crippen LogP) is 4.76. The van der Waals surface area contributed by atoms with Crippen LogP contribution in [0.25, 0.3) is 0 Å². The van der Waals surface area contributed by atoms with Crippen molar-refractivity contribution in [1.29, 1.82) is 0 Å². The minimum absolute atomic E-state index is 0.00812. The number of nitrogens with one attached hydrogen (secondary N) is 2. The summed E-state index contributed by atoms with van der Waals surface area (Å²) in [5.41, 5.74) is 8.43. The van der Waals surface area contributed by atoms with Crippen LogP contribution in [0.4, 0.5) is 5.69 Å². The van der Waals surface area contributed by atoms with E-state index in [2.05, 4.69) is 17.2 Å². The predicted molar refractivity (Wildman–Crippen MR) is 163 cm³/mol. The Balaban J connectivity index is 1.77.